The third-order valence-corrected chi connectivity index (χ3v) is 13.0. The summed E-state index contributed by atoms with van der Waals surface area (Å²) in [5.74, 6) is 0. The average Bonchev–Trinajstić information content (AvgIpc) is 3.77. The number of aliphatic imine (C=N–C) groups is 2. The van der Waals surface area contributed by atoms with Crippen LogP contribution in [-0.2, 0) is 0 Å². The van der Waals surface area contributed by atoms with Crippen molar-refractivity contribution in [3.8, 4) is 0 Å². The van der Waals surface area contributed by atoms with Gasteiger partial charge in [0.25, 0.3) is 0 Å². The van der Waals surface area contributed by atoms with Crippen molar-refractivity contribution in [2.75, 3.05) is 32.4 Å². The van der Waals surface area contributed by atoms with E-state index >= 15 is 0 Å². The van der Waals surface area contributed by atoms with Crippen molar-refractivity contribution in [2.24, 2.45) is 9.98 Å². The lowest BCUT2D eigenvalue weighted by Gasteiger charge is -2.15. The molecular weight excluding hydrogens is 636 g/mol. The van der Waals surface area contributed by atoms with Crippen LogP contribution in [0.3, 0.4) is 0 Å². The maximum Gasteiger partial charge on any atom is 0.169 e. The molecule has 6 heterocycles. The number of hydrogen-bond donors (Lipinski definition) is 0. The van der Waals surface area contributed by atoms with E-state index in [9.17, 15) is 0 Å². The first-order valence-electron chi connectivity index (χ1n) is 12.6. The average molecular weight is 658 g/mol. The molecule has 0 amide bonds. The minimum Gasteiger partial charge on any atom is -0.317 e. The molecule has 11 heteroatoms. The maximum atomic E-state index is 6.30. The molecule has 202 valence electrons. The summed E-state index contributed by atoms with van der Waals surface area (Å²) in [5.41, 5.74) is 2.55. The first kappa shape index (κ1) is 27.0. The van der Waals surface area contributed by atoms with Gasteiger partial charge in [-0.1, -0.05) is 48.0 Å². The first-order valence-corrected chi connectivity index (χ1v) is 17.8. The Morgan fingerprint density at radius 2 is 1.38 bits per heavy atom. The Labute approximate surface area is 263 Å². The second kappa shape index (κ2) is 11.1. The van der Waals surface area contributed by atoms with Gasteiger partial charge in [0.05, 0.1) is 38.5 Å². The highest BCUT2D eigenvalue weighted by Gasteiger charge is 2.34. The molecule has 8 rings (SSSR count). The highest BCUT2D eigenvalue weighted by Crippen LogP contribution is 2.49. The fraction of sp³-hybridized carbons (Fsp3) is 0.172. The van der Waals surface area contributed by atoms with Crippen LogP contribution in [0.2, 0.25) is 10.0 Å². The van der Waals surface area contributed by atoms with Gasteiger partial charge < -0.3 is 9.80 Å². The lowest BCUT2D eigenvalue weighted by atomic mass is 10.2. The zero-order chi connectivity index (χ0) is 27.4. The molecule has 40 heavy (non-hydrogen) atoms. The minimum atomic E-state index is 0.812. The molecule has 0 N–H and O–H groups in total. The van der Waals surface area contributed by atoms with Crippen LogP contribution < -0.4 is 0 Å². The molecule has 0 atom stereocenters. The third-order valence-electron chi connectivity index (χ3n) is 6.81. The molecular formula is C29H22Cl2N4S5. The van der Waals surface area contributed by atoms with Gasteiger partial charge in [0, 0.05) is 48.2 Å². The summed E-state index contributed by atoms with van der Waals surface area (Å²) in [4.78, 5) is 17.5. The molecule has 0 saturated carbocycles. The summed E-state index contributed by atoms with van der Waals surface area (Å²) >= 11 is 21.5. The van der Waals surface area contributed by atoms with E-state index < -0.39 is 0 Å². The van der Waals surface area contributed by atoms with Gasteiger partial charge in [0.2, 0.25) is 0 Å². The Bertz CT molecular complexity index is 1820. The summed E-state index contributed by atoms with van der Waals surface area (Å²) in [6.07, 6.45) is 4.05. The predicted molar refractivity (Wildman–Crippen MR) is 184 cm³/mol. The van der Waals surface area contributed by atoms with Crippen molar-refractivity contribution >= 4 is 123 Å². The van der Waals surface area contributed by atoms with Gasteiger partial charge in [-0.2, -0.15) is 0 Å². The highest BCUT2D eigenvalue weighted by molar-refractivity contribution is 8.30. The number of halogens is 2. The Morgan fingerprint density at radius 3 is 1.93 bits per heavy atom. The molecule has 0 aliphatic carbocycles. The van der Waals surface area contributed by atoms with Gasteiger partial charge in [-0.05, 0) is 66.2 Å². The topological polar surface area (TPSA) is 31.2 Å². The van der Waals surface area contributed by atoms with E-state index in [-0.39, 0.29) is 0 Å². The zero-order valence-corrected chi connectivity index (χ0v) is 26.9. The molecule has 4 aliphatic rings. The van der Waals surface area contributed by atoms with E-state index in [1.807, 2.05) is 41.7 Å². The molecule has 0 saturated heterocycles. The van der Waals surface area contributed by atoms with Crippen LogP contribution in [0.25, 0.3) is 31.6 Å². The standard InChI is InChI=1S/C15H11ClN2S2.C14H11ClN2S3/c1-2-11-14(18-7-6-17-15(18)20-11)13-8-9-10(16)4-3-5-12(9)19-13;1-18-13-12(17-6-5-16-14(17)20-13)11-7-8-9(15)3-2-4-10(8)19-11/h2-5,8H,1,6-7H2;2-4,7H,5-6H2,1H3. The number of hydrogen-bond acceptors (Lipinski definition) is 9. The van der Waals surface area contributed by atoms with Gasteiger partial charge in [-0.15, -0.1) is 34.4 Å². The van der Waals surface area contributed by atoms with E-state index in [0.717, 1.165) is 57.3 Å². The first-order chi connectivity index (χ1) is 19.6. The molecule has 0 spiro atoms. The Morgan fingerprint density at radius 1 is 0.825 bits per heavy atom. The third kappa shape index (κ3) is 4.64. The summed E-state index contributed by atoms with van der Waals surface area (Å²) in [5, 5.41) is 6.16. The van der Waals surface area contributed by atoms with Crippen molar-refractivity contribution in [3.63, 3.8) is 0 Å². The second-order valence-corrected chi connectivity index (χ2v) is 15.2. The zero-order valence-electron chi connectivity index (χ0n) is 21.3. The Hall–Kier alpha value is -1.85. The van der Waals surface area contributed by atoms with Gasteiger partial charge in [0.1, 0.15) is 0 Å². The molecule has 0 bridgehead atoms. The SMILES string of the molecule is C=CC1=C(c2cc3c(Cl)cccc3s2)N2CCN=C2S1.CSC1=C(c2cc3c(Cl)cccc3s2)N2CCN=C2S1. The van der Waals surface area contributed by atoms with Gasteiger partial charge >= 0.3 is 0 Å². The molecule has 2 aromatic carbocycles. The van der Waals surface area contributed by atoms with Crippen molar-refractivity contribution in [1.82, 2.24) is 9.80 Å². The fourth-order valence-corrected chi connectivity index (χ4v) is 11.0. The number of fused-ring (bicyclic) bond motifs is 4. The number of nitrogens with zero attached hydrogens (tertiary/aromatic N) is 4. The summed E-state index contributed by atoms with van der Waals surface area (Å²) in [6, 6.07) is 16.6. The lowest BCUT2D eigenvalue weighted by molar-refractivity contribution is 0.650. The van der Waals surface area contributed by atoms with Crippen LogP contribution in [-0.4, -0.2) is 52.6 Å². The number of thiophene rings is 2. The summed E-state index contributed by atoms with van der Waals surface area (Å²) in [6.45, 7) is 7.66. The number of allylic oxidation sites excluding steroid dienone is 1. The highest BCUT2D eigenvalue weighted by atomic mass is 35.5. The van der Waals surface area contributed by atoms with E-state index in [2.05, 4.69) is 56.9 Å². The summed E-state index contributed by atoms with van der Waals surface area (Å²) < 4.78 is 3.80. The quantitative estimate of drug-likeness (QED) is 0.218. The van der Waals surface area contributed by atoms with E-state index in [0.29, 0.717) is 0 Å². The van der Waals surface area contributed by atoms with E-state index in [1.54, 1.807) is 46.6 Å². The van der Waals surface area contributed by atoms with Crippen LogP contribution >= 0.6 is 81.2 Å². The number of rotatable bonds is 4. The normalized spacial score (nSPS) is 18.0. The molecule has 0 fully saturated rings. The predicted octanol–water partition coefficient (Wildman–Crippen LogP) is 9.79. The van der Waals surface area contributed by atoms with Crippen molar-refractivity contribution in [3.05, 3.63) is 90.1 Å². The van der Waals surface area contributed by atoms with Crippen LogP contribution in [0.5, 0.6) is 0 Å². The molecule has 0 unspecified atom stereocenters. The summed E-state index contributed by atoms with van der Waals surface area (Å²) in [7, 11) is 0. The molecule has 2 aromatic heterocycles. The minimum absolute atomic E-state index is 0.812. The Balaban J connectivity index is 0.000000132. The number of thioether (sulfide) groups is 3. The smallest absolute Gasteiger partial charge is 0.169 e. The van der Waals surface area contributed by atoms with Gasteiger partial charge in [-0.3, -0.25) is 9.98 Å². The fourth-order valence-electron chi connectivity index (χ4n) is 5.01. The number of amidine groups is 2. The molecule has 4 nitrogen and oxygen atoms in total. The van der Waals surface area contributed by atoms with Crippen molar-refractivity contribution in [1.29, 1.82) is 0 Å². The van der Waals surface area contributed by atoms with Crippen LogP contribution in [0.4, 0.5) is 0 Å². The van der Waals surface area contributed by atoms with E-state index in [4.69, 9.17) is 23.2 Å². The van der Waals surface area contributed by atoms with Gasteiger partial charge in [-0.25, -0.2) is 0 Å². The van der Waals surface area contributed by atoms with E-state index in [1.165, 1.54) is 39.7 Å². The molecule has 0 radical (unpaired) electrons. The van der Waals surface area contributed by atoms with Crippen LogP contribution in [0.1, 0.15) is 9.75 Å². The van der Waals surface area contributed by atoms with Crippen LogP contribution in [0, 0.1) is 0 Å². The van der Waals surface area contributed by atoms with Crippen molar-refractivity contribution in [2.45, 2.75) is 0 Å². The van der Waals surface area contributed by atoms with Crippen LogP contribution in [0.15, 0.2) is 80.3 Å². The second-order valence-electron chi connectivity index (χ2n) is 9.12. The Kier molecular flexibility index (Phi) is 7.49. The van der Waals surface area contributed by atoms with Gasteiger partial charge in [0.15, 0.2) is 10.3 Å². The maximum absolute atomic E-state index is 6.30. The molecule has 4 aliphatic heterocycles. The van der Waals surface area contributed by atoms with Crippen molar-refractivity contribution < 1.29 is 0 Å². The monoisotopic (exact) mass is 656 g/mol. The lowest BCUT2D eigenvalue weighted by Crippen LogP contribution is -2.19. The largest absolute Gasteiger partial charge is 0.317 e. The number of benzene rings is 2. The molecule has 4 aromatic rings.